The lowest BCUT2D eigenvalue weighted by atomic mass is 9.97. The van der Waals surface area contributed by atoms with Crippen LogP contribution in [-0.2, 0) is 17.8 Å². The summed E-state index contributed by atoms with van der Waals surface area (Å²) in [6, 6.07) is 12.0. The summed E-state index contributed by atoms with van der Waals surface area (Å²) in [5.74, 6) is -0.00356. The van der Waals surface area contributed by atoms with Crippen molar-refractivity contribution < 1.29 is 18.7 Å². The lowest BCUT2D eigenvalue weighted by Crippen LogP contribution is -2.44. The summed E-state index contributed by atoms with van der Waals surface area (Å²) in [6.07, 6.45) is 5.15. The summed E-state index contributed by atoms with van der Waals surface area (Å²) in [5.41, 5.74) is 3.74. The summed E-state index contributed by atoms with van der Waals surface area (Å²) in [7, 11) is 0. The van der Waals surface area contributed by atoms with Gasteiger partial charge in [-0.2, -0.15) is 0 Å². The van der Waals surface area contributed by atoms with Gasteiger partial charge in [-0.05, 0) is 63.9 Å². The summed E-state index contributed by atoms with van der Waals surface area (Å²) in [4.78, 5) is 35.4. The van der Waals surface area contributed by atoms with Gasteiger partial charge in [-0.15, -0.1) is 0 Å². The third kappa shape index (κ3) is 4.42. The number of H-pyrrole nitrogens is 1. The number of hydrogen-bond acceptors (Lipinski definition) is 5. The smallest absolute Gasteiger partial charge is 0.411 e. The monoisotopic (exact) mass is 516 g/mol. The molecule has 2 atom stereocenters. The topological polar surface area (TPSA) is 89.4 Å². The molecule has 2 unspecified atom stereocenters. The van der Waals surface area contributed by atoms with Crippen molar-refractivity contribution in [1.29, 1.82) is 0 Å². The quantitative estimate of drug-likeness (QED) is 0.391. The molecule has 2 aliphatic heterocycles. The van der Waals surface area contributed by atoms with Crippen LogP contribution in [0.5, 0.6) is 5.75 Å². The minimum atomic E-state index is -0.544. The molecule has 1 aromatic carbocycles. The van der Waals surface area contributed by atoms with E-state index in [9.17, 15) is 14.0 Å². The maximum Gasteiger partial charge on any atom is 0.411 e. The van der Waals surface area contributed by atoms with E-state index in [1.807, 2.05) is 43.9 Å². The Balaban J connectivity index is 1.25. The molecule has 4 aromatic rings. The lowest BCUT2D eigenvalue weighted by Gasteiger charge is -2.36. The number of benzene rings is 1. The molecule has 1 N–H and O–H groups in total. The number of hydrogen-bond donors (Lipinski definition) is 1. The van der Waals surface area contributed by atoms with E-state index in [4.69, 9.17) is 9.47 Å². The highest BCUT2D eigenvalue weighted by Gasteiger charge is 2.45. The summed E-state index contributed by atoms with van der Waals surface area (Å²) in [5, 5.41) is 1.06. The van der Waals surface area contributed by atoms with Crippen molar-refractivity contribution in [3.8, 4) is 11.4 Å². The van der Waals surface area contributed by atoms with E-state index in [1.54, 1.807) is 22.9 Å². The molecule has 2 aliphatic rings. The van der Waals surface area contributed by atoms with Gasteiger partial charge in [0.2, 0.25) is 0 Å². The Hall–Kier alpha value is -4.14. The van der Waals surface area contributed by atoms with Crippen molar-refractivity contribution in [3.63, 3.8) is 0 Å². The van der Waals surface area contributed by atoms with Gasteiger partial charge in [0.25, 0.3) is 5.56 Å². The fourth-order valence-corrected chi connectivity index (χ4v) is 5.56. The van der Waals surface area contributed by atoms with Gasteiger partial charge in [0.05, 0.1) is 23.6 Å². The van der Waals surface area contributed by atoms with Crippen LogP contribution in [0.3, 0.4) is 0 Å². The van der Waals surface area contributed by atoms with Crippen molar-refractivity contribution in [2.75, 3.05) is 0 Å². The molecule has 3 aromatic heterocycles. The Kier molecular flexibility index (Phi) is 5.74. The summed E-state index contributed by atoms with van der Waals surface area (Å²) in [6.45, 7) is 5.79. The number of nitrogens with zero attached hydrogens (tertiary/aromatic N) is 3. The van der Waals surface area contributed by atoms with Gasteiger partial charge < -0.3 is 14.5 Å². The van der Waals surface area contributed by atoms with Gasteiger partial charge in [0.15, 0.2) is 0 Å². The van der Waals surface area contributed by atoms with Crippen LogP contribution in [0.25, 0.3) is 16.6 Å². The van der Waals surface area contributed by atoms with Crippen LogP contribution in [0, 0.1) is 5.82 Å². The molecule has 6 rings (SSSR count). The van der Waals surface area contributed by atoms with Crippen LogP contribution in [0.4, 0.5) is 9.18 Å². The highest BCUT2D eigenvalue weighted by Crippen LogP contribution is 2.47. The third-order valence-electron chi connectivity index (χ3n) is 7.13. The zero-order valence-electron chi connectivity index (χ0n) is 21.5. The molecule has 9 heteroatoms. The second-order valence-corrected chi connectivity index (χ2v) is 10.9. The van der Waals surface area contributed by atoms with Crippen molar-refractivity contribution >= 4 is 17.0 Å². The molecule has 5 heterocycles. The van der Waals surface area contributed by atoms with E-state index in [0.717, 1.165) is 53.3 Å². The van der Waals surface area contributed by atoms with E-state index in [-0.39, 0.29) is 30.3 Å². The highest BCUT2D eigenvalue weighted by atomic mass is 19.1. The van der Waals surface area contributed by atoms with Gasteiger partial charge in [-0.25, -0.2) is 9.18 Å². The number of halogens is 1. The first kappa shape index (κ1) is 24.2. The SMILES string of the molecule is CC(C)(C)OC(=O)N1C2CCC1c1c([nH]c3cc(-n4ccc(OCc5ccc(F)cn5)cc4=O)ccc13)C2. The van der Waals surface area contributed by atoms with Crippen LogP contribution < -0.4 is 10.3 Å². The van der Waals surface area contributed by atoms with E-state index in [1.165, 1.54) is 12.1 Å². The number of carbonyl (C=O) groups is 1. The van der Waals surface area contributed by atoms with Crippen molar-refractivity contribution in [2.24, 2.45) is 0 Å². The number of rotatable bonds is 4. The van der Waals surface area contributed by atoms with E-state index >= 15 is 0 Å². The van der Waals surface area contributed by atoms with E-state index in [0.29, 0.717) is 11.4 Å². The number of pyridine rings is 2. The molecule has 0 aliphatic carbocycles. The average molecular weight is 517 g/mol. The number of amides is 1. The van der Waals surface area contributed by atoms with Crippen molar-refractivity contribution in [1.82, 2.24) is 19.4 Å². The van der Waals surface area contributed by atoms with Gasteiger partial charge >= 0.3 is 6.09 Å². The first-order valence-electron chi connectivity index (χ1n) is 12.8. The Morgan fingerprint density at radius 3 is 2.74 bits per heavy atom. The van der Waals surface area contributed by atoms with Crippen LogP contribution in [-0.4, -0.2) is 37.2 Å². The predicted molar refractivity (Wildman–Crippen MR) is 140 cm³/mol. The van der Waals surface area contributed by atoms with Gasteiger partial charge in [0.1, 0.15) is 23.8 Å². The molecule has 0 spiro atoms. The molecular formula is C29H29FN4O4. The molecule has 2 bridgehead atoms. The Labute approximate surface area is 219 Å². The Bertz CT molecular complexity index is 1590. The maximum atomic E-state index is 13.0. The largest absolute Gasteiger partial charge is 0.487 e. The Morgan fingerprint density at radius 2 is 2.00 bits per heavy atom. The summed E-state index contributed by atoms with van der Waals surface area (Å²) < 4.78 is 26.0. The second kappa shape index (κ2) is 9.01. The van der Waals surface area contributed by atoms with Crippen LogP contribution in [0.15, 0.2) is 59.7 Å². The molecule has 0 radical (unpaired) electrons. The molecular weight excluding hydrogens is 487 g/mol. The zero-order chi connectivity index (χ0) is 26.6. The maximum absolute atomic E-state index is 13.0. The van der Waals surface area contributed by atoms with Crippen molar-refractivity contribution in [2.45, 2.75) is 64.3 Å². The number of fused-ring (bicyclic) bond motifs is 6. The fraction of sp³-hybridized carbons (Fsp3) is 0.345. The highest BCUT2D eigenvalue weighted by molar-refractivity contribution is 5.88. The van der Waals surface area contributed by atoms with Gasteiger partial charge in [-0.1, -0.05) is 6.07 Å². The number of aromatic amines is 1. The molecule has 1 fully saturated rings. The van der Waals surface area contributed by atoms with Crippen LogP contribution in [0.1, 0.15) is 56.6 Å². The van der Waals surface area contributed by atoms with Crippen LogP contribution in [0.2, 0.25) is 0 Å². The summed E-state index contributed by atoms with van der Waals surface area (Å²) >= 11 is 0. The predicted octanol–water partition coefficient (Wildman–Crippen LogP) is 5.43. The zero-order valence-corrected chi connectivity index (χ0v) is 21.5. The molecule has 1 amide bonds. The molecule has 8 nitrogen and oxygen atoms in total. The van der Waals surface area contributed by atoms with Crippen molar-refractivity contribution in [3.05, 3.63) is 88.0 Å². The van der Waals surface area contributed by atoms with E-state index in [2.05, 4.69) is 9.97 Å². The number of ether oxygens (including phenoxy) is 2. The number of aromatic nitrogens is 3. The molecule has 196 valence electrons. The molecule has 0 saturated carbocycles. The third-order valence-corrected chi connectivity index (χ3v) is 7.13. The normalized spacial score (nSPS) is 18.5. The fourth-order valence-electron chi connectivity index (χ4n) is 5.56. The minimum absolute atomic E-state index is 0.0204. The molecule has 38 heavy (non-hydrogen) atoms. The number of carbonyl (C=O) groups excluding carboxylic acids is 1. The standard InChI is InChI=1S/C29H29FN4O4/c1-29(2,3)38-28(36)34-20-7-9-25(34)27-22-8-6-19(12-23(22)32-24(27)13-20)33-11-10-21(14-26(33)35)37-16-18-5-4-17(30)15-31-18/h4-6,8,10-12,14-15,20,25,32H,7,9,13,16H2,1-3H3. The number of nitrogens with one attached hydrogen (secondary N) is 1. The van der Waals surface area contributed by atoms with Gasteiger partial charge in [-0.3, -0.25) is 19.2 Å². The first-order valence-corrected chi connectivity index (χ1v) is 12.8. The average Bonchev–Trinajstić information content (AvgIpc) is 3.39. The van der Waals surface area contributed by atoms with Crippen LogP contribution >= 0.6 is 0 Å². The Morgan fingerprint density at radius 1 is 1.16 bits per heavy atom. The van der Waals surface area contributed by atoms with Gasteiger partial charge in [0, 0.05) is 46.9 Å². The molecule has 1 saturated heterocycles. The second-order valence-electron chi connectivity index (χ2n) is 10.9. The minimum Gasteiger partial charge on any atom is -0.487 e. The first-order chi connectivity index (χ1) is 18.2. The van der Waals surface area contributed by atoms with E-state index < -0.39 is 11.4 Å². The lowest BCUT2D eigenvalue weighted by molar-refractivity contribution is 0.0125.